The molecule has 0 bridgehead atoms. The van der Waals surface area contributed by atoms with Gasteiger partial charge in [-0.1, -0.05) is 13.8 Å². The molecule has 0 aliphatic heterocycles. The summed E-state index contributed by atoms with van der Waals surface area (Å²) in [6.07, 6.45) is 0.369. The summed E-state index contributed by atoms with van der Waals surface area (Å²) < 4.78 is 4.75. The number of ether oxygens (including phenoxy) is 1. The second-order valence-corrected chi connectivity index (χ2v) is 3.99. The zero-order chi connectivity index (χ0) is 10.3. The van der Waals surface area contributed by atoms with Crippen molar-refractivity contribution in [2.45, 2.75) is 27.2 Å². The Labute approximate surface area is 76.9 Å². The molecule has 0 heterocycles. The zero-order valence-corrected chi connectivity index (χ0v) is 8.09. The molecule has 0 radical (unpaired) electrons. The molecule has 13 heavy (non-hydrogen) atoms. The van der Waals surface area contributed by atoms with E-state index in [0.29, 0.717) is 6.42 Å². The van der Waals surface area contributed by atoms with E-state index < -0.39 is 22.8 Å². The minimum absolute atomic E-state index is 0.226. The number of esters is 1. The SMILES string of the molecule is CCOC(=O)C1(C(=O)O)CC1(C)C. The van der Waals surface area contributed by atoms with Gasteiger partial charge in [-0.05, 0) is 18.8 Å². The van der Waals surface area contributed by atoms with Crippen LogP contribution in [-0.4, -0.2) is 23.7 Å². The Bertz CT molecular complexity index is 256. The molecule has 74 valence electrons. The summed E-state index contributed by atoms with van der Waals surface area (Å²) in [5.74, 6) is -1.68. The maximum atomic E-state index is 11.4. The van der Waals surface area contributed by atoms with Gasteiger partial charge >= 0.3 is 11.9 Å². The second kappa shape index (κ2) is 2.72. The fourth-order valence-corrected chi connectivity index (χ4v) is 1.67. The Balaban J connectivity index is 2.85. The molecular weight excluding hydrogens is 172 g/mol. The Morgan fingerprint density at radius 3 is 2.15 bits per heavy atom. The van der Waals surface area contributed by atoms with Gasteiger partial charge in [0.15, 0.2) is 5.41 Å². The van der Waals surface area contributed by atoms with Crippen LogP contribution in [0.5, 0.6) is 0 Å². The van der Waals surface area contributed by atoms with Crippen molar-refractivity contribution in [1.82, 2.24) is 0 Å². The van der Waals surface area contributed by atoms with Crippen LogP contribution in [0.15, 0.2) is 0 Å². The van der Waals surface area contributed by atoms with Crippen LogP contribution in [-0.2, 0) is 14.3 Å². The lowest BCUT2D eigenvalue weighted by atomic mass is 9.96. The van der Waals surface area contributed by atoms with E-state index >= 15 is 0 Å². The van der Waals surface area contributed by atoms with Gasteiger partial charge in [-0.2, -0.15) is 0 Å². The summed E-state index contributed by atoms with van der Waals surface area (Å²) in [5.41, 5.74) is -1.76. The molecule has 4 heteroatoms. The van der Waals surface area contributed by atoms with E-state index in [4.69, 9.17) is 9.84 Å². The number of hydrogen-bond donors (Lipinski definition) is 1. The first-order valence-electron chi connectivity index (χ1n) is 4.29. The average molecular weight is 186 g/mol. The predicted molar refractivity (Wildman–Crippen MR) is 45.1 cm³/mol. The summed E-state index contributed by atoms with van der Waals surface area (Å²) in [4.78, 5) is 22.3. The van der Waals surface area contributed by atoms with Gasteiger partial charge in [-0.15, -0.1) is 0 Å². The smallest absolute Gasteiger partial charge is 0.324 e. The topological polar surface area (TPSA) is 63.6 Å². The molecule has 0 amide bonds. The summed E-state index contributed by atoms with van der Waals surface area (Å²) in [7, 11) is 0. The standard InChI is InChI=1S/C9H14O4/c1-4-13-7(12)9(6(10)11)5-8(9,2)3/h4-5H2,1-3H3,(H,10,11). The number of carboxylic acid groups (broad SMARTS) is 1. The molecule has 1 N–H and O–H groups in total. The monoisotopic (exact) mass is 186 g/mol. The molecule has 0 spiro atoms. The van der Waals surface area contributed by atoms with Crippen LogP contribution in [0.3, 0.4) is 0 Å². The minimum atomic E-state index is -1.29. The van der Waals surface area contributed by atoms with Crippen molar-refractivity contribution >= 4 is 11.9 Å². The van der Waals surface area contributed by atoms with Gasteiger partial charge in [0.1, 0.15) is 0 Å². The summed E-state index contributed by atoms with van der Waals surface area (Å²) >= 11 is 0. The fraction of sp³-hybridized carbons (Fsp3) is 0.778. The van der Waals surface area contributed by atoms with Gasteiger partial charge in [-0.25, -0.2) is 0 Å². The summed E-state index contributed by atoms with van der Waals surface area (Å²) in [6, 6.07) is 0. The first-order chi connectivity index (χ1) is 5.88. The van der Waals surface area contributed by atoms with Crippen molar-refractivity contribution in [2.75, 3.05) is 6.61 Å². The number of rotatable bonds is 3. The van der Waals surface area contributed by atoms with E-state index in [0.717, 1.165) is 0 Å². The first-order valence-corrected chi connectivity index (χ1v) is 4.29. The highest BCUT2D eigenvalue weighted by atomic mass is 16.5. The van der Waals surface area contributed by atoms with E-state index in [-0.39, 0.29) is 6.61 Å². The highest BCUT2D eigenvalue weighted by Crippen LogP contribution is 2.64. The molecule has 1 aliphatic carbocycles. The van der Waals surface area contributed by atoms with Gasteiger partial charge in [0.05, 0.1) is 6.61 Å². The van der Waals surface area contributed by atoms with Crippen LogP contribution in [0, 0.1) is 10.8 Å². The van der Waals surface area contributed by atoms with Crippen molar-refractivity contribution in [2.24, 2.45) is 10.8 Å². The van der Waals surface area contributed by atoms with Crippen LogP contribution in [0.25, 0.3) is 0 Å². The van der Waals surface area contributed by atoms with Crippen LogP contribution in [0.4, 0.5) is 0 Å². The molecule has 1 atom stereocenters. The first kappa shape index (κ1) is 10.0. The zero-order valence-electron chi connectivity index (χ0n) is 8.09. The van der Waals surface area contributed by atoms with E-state index in [2.05, 4.69) is 0 Å². The van der Waals surface area contributed by atoms with Crippen molar-refractivity contribution in [3.63, 3.8) is 0 Å². The lowest BCUT2D eigenvalue weighted by Crippen LogP contribution is -2.32. The van der Waals surface area contributed by atoms with E-state index in [1.807, 2.05) is 0 Å². The van der Waals surface area contributed by atoms with Crippen molar-refractivity contribution in [3.8, 4) is 0 Å². The van der Waals surface area contributed by atoms with Crippen molar-refractivity contribution in [3.05, 3.63) is 0 Å². The van der Waals surface area contributed by atoms with E-state index in [9.17, 15) is 9.59 Å². The molecule has 1 unspecified atom stereocenters. The second-order valence-electron chi connectivity index (χ2n) is 3.99. The average Bonchev–Trinajstić information content (AvgIpc) is 2.56. The third-order valence-electron chi connectivity index (χ3n) is 2.73. The van der Waals surface area contributed by atoms with Gasteiger partial charge in [0.2, 0.25) is 0 Å². The Morgan fingerprint density at radius 1 is 1.46 bits per heavy atom. The Kier molecular flexibility index (Phi) is 2.10. The number of carboxylic acids is 1. The molecule has 1 aliphatic rings. The van der Waals surface area contributed by atoms with E-state index in [1.165, 1.54) is 0 Å². The number of hydrogen-bond acceptors (Lipinski definition) is 3. The van der Waals surface area contributed by atoms with Gasteiger partial charge in [0, 0.05) is 0 Å². The van der Waals surface area contributed by atoms with Crippen molar-refractivity contribution < 1.29 is 19.4 Å². The highest BCUT2D eigenvalue weighted by Gasteiger charge is 2.73. The quantitative estimate of drug-likeness (QED) is 0.528. The number of carbonyl (C=O) groups is 2. The Morgan fingerprint density at radius 2 is 1.92 bits per heavy atom. The molecule has 0 aromatic heterocycles. The van der Waals surface area contributed by atoms with Gasteiger partial charge < -0.3 is 9.84 Å². The Hall–Kier alpha value is -1.06. The predicted octanol–water partition coefficient (Wildman–Crippen LogP) is 1.05. The maximum Gasteiger partial charge on any atom is 0.324 e. The fourth-order valence-electron chi connectivity index (χ4n) is 1.67. The molecule has 1 rings (SSSR count). The van der Waals surface area contributed by atoms with Crippen LogP contribution in [0.1, 0.15) is 27.2 Å². The van der Waals surface area contributed by atoms with Crippen LogP contribution in [0.2, 0.25) is 0 Å². The molecular formula is C9H14O4. The van der Waals surface area contributed by atoms with Gasteiger partial charge in [0.25, 0.3) is 0 Å². The van der Waals surface area contributed by atoms with Crippen LogP contribution < -0.4 is 0 Å². The number of aliphatic carboxylic acids is 1. The minimum Gasteiger partial charge on any atom is -0.480 e. The number of carbonyl (C=O) groups excluding carboxylic acids is 1. The lowest BCUT2D eigenvalue weighted by Gasteiger charge is -2.13. The summed E-state index contributed by atoms with van der Waals surface area (Å²) in [6.45, 7) is 5.42. The largest absolute Gasteiger partial charge is 0.480 e. The highest BCUT2D eigenvalue weighted by molar-refractivity contribution is 6.03. The van der Waals surface area contributed by atoms with Crippen molar-refractivity contribution in [1.29, 1.82) is 0 Å². The van der Waals surface area contributed by atoms with E-state index in [1.54, 1.807) is 20.8 Å². The third kappa shape index (κ3) is 1.20. The molecule has 4 nitrogen and oxygen atoms in total. The molecule has 1 fully saturated rings. The third-order valence-corrected chi connectivity index (χ3v) is 2.73. The lowest BCUT2D eigenvalue weighted by molar-refractivity contribution is -0.162. The van der Waals surface area contributed by atoms with Crippen LogP contribution >= 0.6 is 0 Å². The normalized spacial score (nSPS) is 29.5. The molecule has 0 aromatic rings. The summed E-state index contributed by atoms with van der Waals surface area (Å²) in [5, 5.41) is 8.94. The molecule has 0 aromatic carbocycles. The molecule has 1 saturated carbocycles. The van der Waals surface area contributed by atoms with Gasteiger partial charge in [-0.3, -0.25) is 9.59 Å². The molecule has 0 saturated heterocycles. The maximum absolute atomic E-state index is 11.4.